The van der Waals surface area contributed by atoms with Gasteiger partial charge in [0.25, 0.3) is 5.91 Å². The van der Waals surface area contributed by atoms with E-state index in [0.717, 1.165) is 64.9 Å². The highest BCUT2D eigenvalue weighted by atomic mass is 16.5. The number of carbonyl (C=O) groups excluding carboxylic acids is 1. The van der Waals surface area contributed by atoms with Gasteiger partial charge in [-0.2, -0.15) is 0 Å². The zero-order valence-corrected chi connectivity index (χ0v) is 13.8. The van der Waals surface area contributed by atoms with Gasteiger partial charge in [0.05, 0.1) is 12.7 Å². The number of carbonyl (C=O) groups is 1. The van der Waals surface area contributed by atoms with Gasteiger partial charge in [-0.25, -0.2) is 0 Å². The second-order valence-electron chi connectivity index (χ2n) is 6.56. The molecular formula is C20H21NO3. The minimum absolute atomic E-state index is 0.0149. The first kappa shape index (κ1) is 15.2. The first-order chi connectivity index (χ1) is 11.6. The quantitative estimate of drug-likeness (QED) is 0.893. The molecule has 2 N–H and O–H groups in total. The standard InChI is InChI=1S/C20H21NO3/c1-12(22)18-11-16(10-15-6-8-24-19(15)18)13-4-5-17-14(9-13)3-2-7-21-20(17)23/h4-5,9-12,22H,2-3,6-8H2,1H3,(H,21,23)/t12-/m0/s1. The number of amides is 1. The summed E-state index contributed by atoms with van der Waals surface area (Å²) in [7, 11) is 0. The van der Waals surface area contributed by atoms with Crippen LogP contribution in [0, 0.1) is 0 Å². The summed E-state index contributed by atoms with van der Waals surface area (Å²) in [6.45, 7) is 3.16. The molecule has 0 aliphatic carbocycles. The second-order valence-corrected chi connectivity index (χ2v) is 6.56. The van der Waals surface area contributed by atoms with Crippen molar-refractivity contribution in [3.05, 3.63) is 52.6 Å². The Morgan fingerprint density at radius 2 is 1.96 bits per heavy atom. The van der Waals surface area contributed by atoms with Gasteiger partial charge in [0.1, 0.15) is 5.75 Å². The Morgan fingerprint density at radius 3 is 2.79 bits per heavy atom. The Balaban J connectivity index is 1.81. The van der Waals surface area contributed by atoms with E-state index in [1.54, 1.807) is 6.92 Å². The number of hydrogen-bond donors (Lipinski definition) is 2. The highest BCUT2D eigenvalue weighted by Gasteiger charge is 2.22. The summed E-state index contributed by atoms with van der Waals surface area (Å²) in [6.07, 6.45) is 2.16. The first-order valence-electron chi connectivity index (χ1n) is 8.52. The molecule has 2 heterocycles. The van der Waals surface area contributed by atoms with E-state index in [1.807, 2.05) is 18.2 Å². The van der Waals surface area contributed by atoms with Crippen molar-refractivity contribution in [1.82, 2.24) is 5.32 Å². The second kappa shape index (κ2) is 5.95. The number of rotatable bonds is 2. The minimum atomic E-state index is -0.566. The molecular weight excluding hydrogens is 302 g/mol. The molecule has 0 unspecified atom stereocenters. The van der Waals surface area contributed by atoms with Crippen LogP contribution in [-0.4, -0.2) is 24.2 Å². The first-order valence-corrected chi connectivity index (χ1v) is 8.52. The van der Waals surface area contributed by atoms with Gasteiger partial charge in [0, 0.05) is 24.1 Å². The number of hydrogen-bond acceptors (Lipinski definition) is 3. The lowest BCUT2D eigenvalue weighted by molar-refractivity contribution is 0.0956. The van der Waals surface area contributed by atoms with E-state index >= 15 is 0 Å². The monoisotopic (exact) mass is 323 g/mol. The molecule has 124 valence electrons. The highest BCUT2D eigenvalue weighted by Crippen LogP contribution is 2.38. The normalized spacial score (nSPS) is 17.3. The summed E-state index contributed by atoms with van der Waals surface area (Å²) in [5.41, 5.74) is 6.01. The Morgan fingerprint density at radius 1 is 1.12 bits per heavy atom. The summed E-state index contributed by atoms with van der Waals surface area (Å²) in [6, 6.07) is 10.2. The predicted octanol–water partition coefficient (Wildman–Crippen LogP) is 3.02. The van der Waals surface area contributed by atoms with Crippen molar-refractivity contribution in [2.45, 2.75) is 32.3 Å². The summed E-state index contributed by atoms with van der Waals surface area (Å²) >= 11 is 0. The van der Waals surface area contributed by atoms with Crippen LogP contribution >= 0.6 is 0 Å². The third kappa shape index (κ3) is 2.57. The maximum atomic E-state index is 12.1. The Bertz CT molecular complexity index is 811. The molecule has 2 aromatic rings. The van der Waals surface area contributed by atoms with E-state index in [1.165, 1.54) is 0 Å². The van der Waals surface area contributed by atoms with E-state index in [-0.39, 0.29) is 5.91 Å². The number of aliphatic hydroxyl groups excluding tert-OH is 1. The molecule has 2 aliphatic heterocycles. The van der Waals surface area contributed by atoms with Crippen LogP contribution in [0.1, 0.15) is 46.5 Å². The summed E-state index contributed by atoms with van der Waals surface area (Å²) < 4.78 is 5.69. The molecule has 0 radical (unpaired) electrons. The lowest BCUT2D eigenvalue weighted by Gasteiger charge is -2.14. The van der Waals surface area contributed by atoms with Crippen molar-refractivity contribution in [3.8, 4) is 16.9 Å². The summed E-state index contributed by atoms with van der Waals surface area (Å²) in [4.78, 5) is 12.1. The average molecular weight is 323 g/mol. The molecule has 0 aromatic heterocycles. The molecule has 2 aromatic carbocycles. The molecule has 0 saturated heterocycles. The molecule has 1 atom stereocenters. The van der Waals surface area contributed by atoms with E-state index in [0.29, 0.717) is 6.61 Å². The van der Waals surface area contributed by atoms with Crippen LogP contribution in [0.5, 0.6) is 5.75 Å². The third-order valence-electron chi connectivity index (χ3n) is 4.85. The van der Waals surface area contributed by atoms with Crippen molar-refractivity contribution in [2.75, 3.05) is 13.2 Å². The maximum absolute atomic E-state index is 12.1. The van der Waals surface area contributed by atoms with Gasteiger partial charge in [-0.15, -0.1) is 0 Å². The highest BCUT2D eigenvalue weighted by molar-refractivity contribution is 5.96. The van der Waals surface area contributed by atoms with Crippen molar-refractivity contribution in [3.63, 3.8) is 0 Å². The zero-order valence-electron chi connectivity index (χ0n) is 13.8. The lowest BCUT2D eigenvalue weighted by Crippen LogP contribution is -2.22. The number of fused-ring (bicyclic) bond motifs is 2. The van der Waals surface area contributed by atoms with Crippen LogP contribution in [0.15, 0.2) is 30.3 Å². The number of aryl methyl sites for hydroxylation is 1. The fraction of sp³-hybridized carbons (Fsp3) is 0.350. The largest absolute Gasteiger partial charge is 0.493 e. The number of benzene rings is 2. The van der Waals surface area contributed by atoms with Crippen LogP contribution in [0.2, 0.25) is 0 Å². The van der Waals surface area contributed by atoms with Gasteiger partial charge >= 0.3 is 0 Å². The number of nitrogens with one attached hydrogen (secondary N) is 1. The van der Waals surface area contributed by atoms with Gasteiger partial charge in [0.15, 0.2) is 0 Å². The fourth-order valence-electron chi connectivity index (χ4n) is 3.59. The molecule has 0 fully saturated rings. The van der Waals surface area contributed by atoms with Gasteiger partial charge in [-0.05, 0) is 60.2 Å². The maximum Gasteiger partial charge on any atom is 0.251 e. The van der Waals surface area contributed by atoms with Crippen molar-refractivity contribution in [1.29, 1.82) is 0 Å². The summed E-state index contributed by atoms with van der Waals surface area (Å²) in [5.74, 6) is 0.851. The van der Waals surface area contributed by atoms with Crippen LogP contribution < -0.4 is 10.1 Å². The summed E-state index contributed by atoms with van der Waals surface area (Å²) in [5, 5.41) is 13.0. The Kier molecular flexibility index (Phi) is 3.77. The van der Waals surface area contributed by atoms with E-state index in [4.69, 9.17) is 4.74 Å². The van der Waals surface area contributed by atoms with Crippen LogP contribution in [0.4, 0.5) is 0 Å². The molecule has 4 rings (SSSR count). The number of aliphatic hydroxyl groups is 1. The number of ether oxygens (including phenoxy) is 1. The fourth-order valence-corrected chi connectivity index (χ4v) is 3.59. The topological polar surface area (TPSA) is 58.6 Å². The van der Waals surface area contributed by atoms with Crippen molar-refractivity contribution >= 4 is 5.91 Å². The Labute approximate surface area is 141 Å². The molecule has 2 aliphatic rings. The molecule has 0 bridgehead atoms. The minimum Gasteiger partial charge on any atom is -0.493 e. The Hall–Kier alpha value is -2.33. The third-order valence-corrected chi connectivity index (χ3v) is 4.85. The van der Waals surface area contributed by atoms with Crippen molar-refractivity contribution < 1.29 is 14.6 Å². The zero-order chi connectivity index (χ0) is 16.7. The van der Waals surface area contributed by atoms with Crippen LogP contribution in [0.25, 0.3) is 11.1 Å². The SMILES string of the molecule is C[C@H](O)c1cc(-c2ccc3c(c2)CCCNC3=O)cc2c1OCC2. The molecule has 1 amide bonds. The van der Waals surface area contributed by atoms with Gasteiger partial charge in [-0.1, -0.05) is 12.1 Å². The van der Waals surface area contributed by atoms with Crippen molar-refractivity contribution in [2.24, 2.45) is 0 Å². The smallest absolute Gasteiger partial charge is 0.251 e. The van der Waals surface area contributed by atoms with Crippen LogP contribution in [0.3, 0.4) is 0 Å². The average Bonchev–Trinajstić information content (AvgIpc) is 2.98. The lowest BCUT2D eigenvalue weighted by atomic mass is 9.93. The predicted molar refractivity (Wildman–Crippen MR) is 92.4 cm³/mol. The van der Waals surface area contributed by atoms with E-state index < -0.39 is 6.10 Å². The molecule has 0 spiro atoms. The van der Waals surface area contributed by atoms with Gasteiger partial charge < -0.3 is 15.2 Å². The molecule has 4 heteroatoms. The molecule has 24 heavy (non-hydrogen) atoms. The van der Waals surface area contributed by atoms with Gasteiger partial charge in [0.2, 0.25) is 0 Å². The van der Waals surface area contributed by atoms with Gasteiger partial charge in [-0.3, -0.25) is 4.79 Å². The molecule has 0 saturated carbocycles. The molecule has 4 nitrogen and oxygen atoms in total. The van der Waals surface area contributed by atoms with Crippen LogP contribution in [-0.2, 0) is 12.8 Å². The van der Waals surface area contributed by atoms with E-state index in [2.05, 4.69) is 17.4 Å². The van der Waals surface area contributed by atoms with E-state index in [9.17, 15) is 9.90 Å².